The van der Waals surface area contributed by atoms with Gasteiger partial charge in [-0.1, -0.05) is 36.8 Å². The van der Waals surface area contributed by atoms with E-state index in [0.29, 0.717) is 0 Å². The zero-order chi connectivity index (χ0) is 15.9. The summed E-state index contributed by atoms with van der Waals surface area (Å²) >= 11 is 0. The fourth-order valence-electron chi connectivity index (χ4n) is 3.53. The first kappa shape index (κ1) is 16.1. The summed E-state index contributed by atoms with van der Waals surface area (Å²) in [6.45, 7) is 4.47. The van der Waals surface area contributed by atoms with Crippen molar-refractivity contribution in [3.05, 3.63) is 58.8 Å². The number of hydrogen-bond acceptors (Lipinski definition) is 2. The Morgan fingerprint density at radius 2 is 1.74 bits per heavy atom. The molecule has 0 radical (unpaired) electrons. The molecule has 2 heterocycles. The Labute approximate surface area is 138 Å². The summed E-state index contributed by atoms with van der Waals surface area (Å²) in [7, 11) is 0. The number of H-pyrrole nitrogens is 1. The first-order valence-corrected chi connectivity index (χ1v) is 8.84. The van der Waals surface area contributed by atoms with E-state index in [1.165, 1.54) is 50.9 Å². The largest absolute Gasteiger partial charge is 0.325 e. The van der Waals surface area contributed by atoms with E-state index in [1.807, 2.05) is 6.20 Å². The number of piperidine rings is 1. The number of imidazole rings is 1. The molecule has 0 bridgehead atoms. The second-order valence-corrected chi connectivity index (χ2v) is 6.55. The molecule has 3 rings (SSSR count). The Kier molecular flexibility index (Phi) is 5.70. The molecule has 1 fully saturated rings. The van der Waals surface area contributed by atoms with E-state index >= 15 is 0 Å². The number of hydrogen-bond donors (Lipinski definition) is 1. The molecule has 2 aromatic rings. The minimum atomic E-state index is 0.00739. The van der Waals surface area contributed by atoms with Crippen LogP contribution in [0.4, 0.5) is 0 Å². The number of aryl methyl sites for hydroxylation is 1. The molecule has 1 N–H and O–H groups in total. The van der Waals surface area contributed by atoms with Crippen LogP contribution in [0.3, 0.4) is 0 Å². The highest BCUT2D eigenvalue weighted by Crippen LogP contribution is 2.27. The Bertz CT molecular complexity index is 623. The summed E-state index contributed by atoms with van der Waals surface area (Å²) in [4.78, 5) is 16.7. The summed E-state index contributed by atoms with van der Waals surface area (Å²) in [5.41, 5.74) is 1.51. The molecule has 0 saturated carbocycles. The zero-order valence-corrected chi connectivity index (χ0v) is 13.8. The predicted molar refractivity (Wildman–Crippen MR) is 93.8 cm³/mol. The SMILES string of the molecule is O=c1[nH]ccn1CCCCCN1CCC(c2ccccc2)CC1. The van der Waals surface area contributed by atoms with Crippen LogP contribution in [0.2, 0.25) is 0 Å². The lowest BCUT2D eigenvalue weighted by molar-refractivity contribution is 0.208. The van der Waals surface area contributed by atoms with Crippen molar-refractivity contribution < 1.29 is 0 Å². The molecule has 4 nitrogen and oxygen atoms in total. The lowest BCUT2D eigenvalue weighted by Crippen LogP contribution is -2.33. The van der Waals surface area contributed by atoms with E-state index in [9.17, 15) is 4.79 Å². The normalized spacial score (nSPS) is 16.7. The fourth-order valence-corrected chi connectivity index (χ4v) is 3.53. The number of aromatic nitrogens is 2. The van der Waals surface area contributed by atoms with Crippen molar-refractivity contribution in [2.75, 3.05) is 19.6 Å². The number of nitrogens with zero attached hydrogens (tertiary/aromatic N) is 2. The molecular formula is C19H27N3O. The van der Waals surface area contributed by atoms with Gasteiger partial charge in [-0.05, 0) is 56.8 Å². The average Bonchev–Trinajstić information content (AvgIpc) is 3.01. The van der Waals surface area contributed by atoms with Crippen LogP contribution < -0.4 is 5.69 Å². The molecule has 1 saturated heterocycles. The minimum absolute atomic E-state index is 0.00739. The van der Waals surface area contributed by atoms with Crippen molar-refractivity contribution in [2.24, 2.45) is 0 Å². The molecule has 0 aliphatic carbocycles. The first-order chi connectivity index (χ1) is 11.3. The number of aromatic amines is 1. The van der Waals surface area contributed by atoms with Crippen LogP contribution in [0.15, 0.2) is 47.5 Å². The van der Waals surface area contributed by atoms with E-state index in [0.717, 1.165) is 18.9 Å². The number of rotatable bonds is 7. The standard InChI is InChI=1S/C19H27N3O/c23-19-20-11-16-22(19)13-6-2-5-12-21-14-9-18(10-15-21)17-7-3-1-4-8-17/h1,3-4,7-8,11,16,18H,2,5-6,9-10,12-15H2,(H,20,23). The maximum Gasteiger partial charge on any atom is 0.325 e. The lowest BCUT2D eigenvalue weighted by atomic mass is 9.89. The molecule has 23 heavy (non-hydrogen) atoms. The molecule has 124 valence electrons. The van der Waals surface area contributed by atoms with Crippen LogP contribution in [0.5, 0.6) is 0 Å². The van der Waals surface area contributed by atoms with Crippen molar-refractivity contribution in [2.45, 2.75) is 44.6 Å². The molecule has 0 spiro atoms. The molecule has 1 aromatic heterocycles. The maximum atomic E-state index is 11.4. The smallest absolute Gasteiger partial charge is 0.313 e. The molecular weight excluding hydrogens is 286 g/mol. The van der Waals surface area contributed by atoms with E-state index in [4.69, 9.17) is 0 Å². The van der Waals surface area contributed by atoms with Crippen molar-refractivity contribution in [1.29, 1.82) is 0 Å². The fraction of sp³-hybridized carbons (Fsp3) is 0.526. The van der Waals surface area contributed by atoms with Gasteiger partial charge in [-0.2, -0.15) is 0 Å². The van der Waals surface area contributed by atoms with Gasteiger partial charge in [0.25, 0.3) is 0 Å². The van der Waals surface area contributed by atoms with Crippen LogP contribution in [0, 0.1) is 0 Å². The van der Waals surface area contributed by atoms with Crippen LogP contribution in [-0.4, -0.2) is 34.1 Å². The van der Waals surface area contributed by atoms with E-state index < -0.39 is 0 Å². The molecule has 0 amide bonds. The van der Waals surface area contributed by atoms with Crippen molar-refractivity contribution in [1.82, 2.24) is 14.5 Å². The second-order valence-electron chi connectivity index (χ2n) is 6.55. The number of benzene rings is 1. The van der Waals surface area contributed by atoms with Crippen LogP contribution >= 0.6 is 0 Å². The Morgan fingerprint density at radius 1 is 1.00 bits per heavy atom. The second kappa shape index (κ2) is 8.16. The van der Waals surface area contributed by atoms with E-state index in [-0.39, 0.29) is 5.69 Å². The average molecular weight is 313 g/mol. The van der Waals surface area contributed by atoms with Gasteiger partial charge in [-0.25, -0.2) is 4.79 Å². The highest BCUT2D eigenvalue weighted by atomic mass is 16.1. The summed E-state index contributed by atoms with van der Waals surface area (Å²) in [6, 6.07) is 10.9. The van der Waals surface area contributed by atoms with Crippen LogP contribution in [0.1, 0.15) is 43.6 Å². The summed E-state index contributed by atoms with van der Waals surface area (Å²) in [5.74, 6) is 0.743. The summed E-state index contributed by atoms with van der Waals surface area (Å²) in [5, 5.41) is 0. The first-order valence-electron chi connectivity index (χ1n) is 8.84. The summed E-state index contributed by atoms with van der Waals surface area (Å²) in [6.07, 6.45) is 9.60. The Morgan fingerprint density at radius 3 is 2.43 bits per heavy atom. The van der Waals surface area contributed by atoms with Gasteiger partial charge in [0.05, 0.1) is 0 Å². The molecule has 1 aliphatic heterocycles. The van der Waals surface area contributed by atoms with Gasteiger partial charge in [0.1, 0.15) is 0 Å². The predicted octanol–water partition coefficient (Wildman–Crippen LogP) is 3.23. The summed E-state index contributed by atoms with van der Waals surface area (Å²) < 4.78 is 1.76. The van der Waals surface area contributed by atoms with Crippen LogP contribution in [0.25, 0.3) is 0 Å². The minimum Gasteiger partial charge on any atom is -0.313 e. The topological polar surface area (TPSA) is 41.0 Å². The van der Waals surface area contributed by atoms with Crippen molar-refractivity contribution in [3.8, 4) is 0 Å². The Balaban J connectivity index is 1.30. The highest BCUT2D eigenvalue weighted by molar-refractivity contribution is 5.19. The number of unbranched alkanes of at least 4 members (excludes halogenated alkanes) is 2. The van der Waals surface area contributed by atoms with Gasteiger partial charge in [-0.3, -0.25) is 4.57 Å². The van der Waals surface area contributed by atoms with E-state index in [2.05, 4.69) is 40.2 Å². The van der Waals surface area contributed by atoms with Gasteiger partial charge < -0.3 is 9.88 Å². The Hall–Kier alpha value is -1.81. The third kappa shape index (κ3) is 4.58. The molecule has 1 aromatic carbocycles. The van der Waals surface area contributed by atoms with Gasteiger partial charge in [0.2, 0.25) is 0 Å². The quantitative estimate of drug-likeness (QED) is 0.797. The third-order valence-corrected chi connectivity index (χ3v) is 4.95. The molecule has 0 unspecified atom stereocenters. The zero-order valence-electron chi connectivity index (χ0n) is 13.8. The van der Waals surface area contributed by atoms with Crippen molar-refractivity contribution >= 4 is 0 Å². The van der Waals surface area contributed by atoms with Crippen molar-refractivity contribution in [3.63, 3.8) is 0 Å². The maximum absolute atomic E-state index is 11.4. The van der Waals surface area contributed by atoms with Gasteiger partial charge >= 0.3 is 5.69 Å². The monoisotopic (exact) mass is 313 g/mol. The van der Waals surface area contributed by atoms with Gasteiger partial charge in [0, 0.05) is 18.9 Å². The molecule has 4 heteroatoms. The molecule has 0 atom stereocenters. The van der Waals surface area contributed by atoms with E-state index in [1.54, 1.807) is 10.8 Å². The van der Waals surface area contributed by atoms with Crippen LogP contribution in [-0.2, 0) is 6.54 Å². The number of nitrogens with one attached hydrogen (secondary N) is 1. The lowest BCUT2D eigenvalue weighted by Gasteiger charge is -2.32. The number of likely N-dealkylation sites (tertiary alicyclic amines) is 1. The highest BCUT2D eigenvalue weighted by Gasteiger charge is 2.19. The third-order valence-electron chi connectivity index (χ3n) is 4.95. The van der Waals surface area contributed by atoms with Gasteiger partial charge in [0.15, 0.2) is 0 Å². The molecule has 1 aliphatic rings. The van der Waals surface area contributed by atoms with Gasteiger partial charge in [-0.15, -0.1) is 0 Å².